The quantitative estimate of drug-likeness (QED) is 0.455. The maximum absolute atomic E-state index is 13.5. The second-order valence-electron chi connectivity index (χ2n) is 7.60. The first kappa shape index (κ1) is 23.2. The minimum atomic E-state index is -3.22. The van der Waals surface area contributed by atoms with Gasteiger partial charge < -0.3 is 14.6 Å². The van der Waals surface area contributed by atoms with Gasteiger partial charge in [0, 0.05) is 10.8 Å². The molecule has 1 aliphatic heterocycles. The number of halogens is 2. The van der Waals surface area contributed by atoms with Crippen molar-refractivity contribution in [2.24, 2.45) is 0 Å². The van der Waals surface area contributed by atoms with Crippen molar-refractivity contribution in [2.75, 3.05) is 11.5 Å². The number of hydrogen-bond donors (Lipinski definition) is 1. The minimum absolute atomic E-state index is 0.115. The molecule has 1 heterocycles. The number of alkyl halides is 2. The van der Waals surface area contributed by atoms with Crippen LogP contribution in [0.1, 0.15) is 52.5 Å². The summed E-state index contributed by atoms with van der Waals surface area (Å²) < 4.78 is 37.1. The second kappa shape index (κ2) is 9.09. The maximum Gasteiger partial charge on any atom is 0.387 e. The number of carboxylic acids is 1. The van der Waals surface area contributed by atoms with Gasteiger partial charge in [-0.05, 0) is 31.0 Å². The first-order chi connectivity index (χ1) is 16.3. The maximum atomic E-state index is 13.5. The molecule has 0 aliphatic carbocycles. The van der Waals surface area contributed by atoms with Crippen molar-refractivity contribution >= 4 is 34.2 Å². The number of amides is 2. The number of benzene rings is 3. The van der Waals surface area contributed by atoms with E-state index in [1.807, 2.05) is 0 Å². The van der Waals surface area contributed by atoms with Crippen molar-refractivity contribution in [3.63, 3.8) is 0 Å². The molecule has 1 aliphatic rings. The number of nitrogens with zero attached hydrogens (tertiary/aromatic N) is 1. The van der Waals surface area contributed by atoms with Crippen molar-refractivity contribution in [2.45, 2.75) is 32.8 Å². The normalized spacial score (nSPS) is 14.0. The van der Waals surface area contributed by atoms with Gasteiger partial charge in [0.05, 0.1) is 29.3 Å². The number of carbonyl (C=O) groups excluding carboxylic acids is 2. The molecule has 0 radical (unpaired) electrons. The average Bonchev–Trinajstić information content (AvgIpc) is 3.07. The molecule has 1 N–H and O–H groups in total. The molecule has 0 saturated carbocycles. The number of carboxylic acid groups (broad SMARTS) is 1. The lowest BCUT2D eigenvalue weighted by atomic mass is 9.96. The van der Waals surface area contributed by atoms with E-state index >= 15 is 0 Å². The smallest absolute Gasteiger partial charge is 0.387 e. The molecular weight excluding hydrogens is 448 g/mol. The zero-order valence-corrected chi connectivity index (χ0v) is 18.4. The Labute approximate surface area is 193 Å². The van der Waals surface area contributed by atoms with Gasteiger partial charge in [-0.2, -0.15) is 8.78 Å². The van der Waals surface area contributed by atoms with Crippen molar-refractivity contribution < 1.29 is 37.7 Å². The van der Waals surface area contributed by atoms with Crippen molar-refractivity contribution in [3.05, 3.63) is 65.2 Å². The van der Waals surface area contributed by atoms with Crippen LogP contribution < -0.4 is 14.4 Å². The number of imide groups is 1. The largest absolute Gasteiger partial charge is 0.492 e. The molecule has 176 valence electrons. The Bertz CT molecular complexity index is 1290. The third kappa shape index (κ3) is 3.72. The van der Waals surface area contributed by atoms with Crippen LogP contribution >= 0.6 is 0 Å². The lowest BCUT2D eigenvalue weighted by molar-refractivity contribution is -0.138. The van der Waals surface area contributed by atoms with Crippen LogP contribution in [0.4, 0.5) is 14.5 Å². The first-order valence-electron chi connectivity index (χ1n) is 10.7. The summed E-state index contributed by atoms with van der Waals surface area (Å²) in [4.78, 5) is 39.2. The van der Waals surface area contributed by atoms with Gasteiger partial charge in [0.2, 0.25) is 0 Å². The minimum Gasteiger partial charge on any atom is -0.492 e. The molecule has 0 spiro atoms. The number of hydrogen-bond acceptors (Lipinski definition) is 5. The lowest BCUT2D eigenvalue weighted by Gasteiger charge is -2.16. The summed E-state index contributed by atoms with van der Waals surface area (Å²) in [6.45, 7) is 0.398. The monoisotopic (exact) mass is 469 g/mol. The van der Waals surface area contributed by atoms with Gasteiger partial charge >= 0.3 is 12.6 Å². The van der Waals surface area contributed by atoms with E-state index in [1.165, 1.54) is 30.3 Å². The van der Waals surface area contributed by atoms with Gasteiger partial charge in [0.1, 0.15) is 11.5 Å². The highest BCUT2D eigenvalue weighted by molar-refractivity contribution is 6.38. The highest BCUT2D eigenvalue weighted by Gasteiger charge is 2.44. The predicted molar refractivity (Wildman–Crippen MR) is 120 cm³/mol. The highest BCUT2D eigenvalue weighted by Crippen LogP contribution is 2.46. The molecule has 1 atom stereocenters. The molecule has 4 rings (SSSR count). The van der Waals surface area contributed by atoms with Crippen LogP contribution in [0, 0.1) is 0 Å². The third-order valence-electron chi connectivity index (χ3n) is 5.71. The molecule has 0 fully saturated rings. The van der Waals surface area contributed by atoms with E-state index in [9.17, 15) is 28.3 Å². The number of fused-ring (bicyclic) bond motifs is 2. The van der Waals surface area contributed by atoms with E-state index in [0.29, 0.717) is 17.4 Å². The summed E-state index contributed by atoms with van der Waals surface area (Å²) in [6.07, 6.45) is 0.361. The molecule has 7 nitrogen and oxygen atoms in total. The lowest BCUT2D eigenvalue weighted by Crippen LogP contribution is -2.29. The van der Waals surface area contributed by atoms with Crippen LogP contribution in [0.3, 0.4) is 0 Å². The Kier molecular flexibility index (Phi) is 6.19. The summed E-state index contributed by atoms with van der Waals surface area (Å²) in [5, 5.41) is 9.96. The first-order valence-corrected chi connectivity index (χ1v) is 10.7. The van der Waals surface area contributed by atoms with Crippen molar-refractivity contribution in [3.8, 4) is 11.5 Å². The summed E-state index contributed by atoms with van der Waals surface area (Å²) >= 11 is 0. The van der Waals surface area contributed by atoms with Crippen molar-refractivity contribution in [1.29, 1.82) is 0 Å². The zero-order valence-electron chi connectivity index (χ0n) is 18.4. The number of rotatable bonds is 8. The summed E-state index contributed by atoms with van der Waals surface area (Å²) in [5.41, 5.74) is 0.235. The fourth-order valence-electron chi connectivity index (χ4n) is 4.25. The van der Waals surface area contributed by atoms with E-state index in [4.69, 9.17) is 9.47 Å². The Balaban J connectivity index is 1.89. The summed E-state index contributed by atoms with van der Waals surface area (Å²) in [7, 11) is 0. The third-order valence-corrected chi connectivity index (χ3v) is 5.71. The molecule has 2 amide bonds. The molecule has 0 saturated heterocycles. The van der Waals surface area contributed by atoms with E-state index in [2.05, 4.69) is 0 Å². The average molecular weight is 469 g/mol. The number of aliphatic carboxylic acids is 1. The number of ether oxygens (including phenoxy) is 2. The van der Waals surface area contributed by atoms with Crippen LogP contribution in [0.2, 0.25) is 0 Å². The predicted octanol–water partition coefficient (Wildman–Crippen LogP) is 5.22. The van der Waals surface area contributed by atoms with E-state index < -0.39 is 36.1 Å². The standard InChI is InChI=1S/C25H21F2NO6/c1-3-15(24(31)32)13-9-11-14(12-10-13)28-22(29)18-19(23(28)30)21(34-25(26)27)17-8-6-5-7-16(17)20(18)33-4-2/h5-12,15,25H,3-4H2,1-2H3,(H,31,32). The molecule has 1 unspecified atom stereocenters. The number of anilines is 1. The summed E-state index contributed by atoms with van der Waals surface area (Å²) in [5.74, 6) is -3.58. The van der Waals surface area contributed by atoms with E-state index in [0.717, 1.165) is 4.90 Å². The molecular formula is C25H21F2NO6. The Morgan fingerprint density at radius 3 is 2.00 bits per heavy atom. The topological polar surface area (TPSA) is 93.1 Å². The van der Waals surface area contributed by atoms with Crippen molar-refractivity contribution in [1.82, 2.24) is 0 Å². The van der Waals surface area contributed by atoms with Gasteiger partial charge in [-0.25, -0.2) is 4.90 Å². The fourth-order valence-corrected chi connectivity index (χ4v) is 4.25. The molecule has 9 heteroatoms. The van der Waals surface area contributed by atoms with Gasteiger partial charge in [-0.15, -0.1) is 0 Å². The molecule has 0 aromatic heterocycles. The Morgan fingerprint density at radius 2 is 1.50 bits per heavy atom. The van der Waals surface area contributed by atoms with E-state index in [-0.39, 0.29) is 34.6 Å². The zero-order chi connectivity index (χ0) is 24.6. The Morgan fingerprint density at radius 1 is 0.941 bits per heavy atom. The van der Waals surface area contributed by atoms with Crippen LogP contribution in [0.25, 0.3) is 10.8 Å². The van der Waals surface area contributed by atoms with Crippen LogP contribution in [-0.2, 0) is 4.79 Å². The second-order valence-corrected chi connectivity index (χ2v) is 7.60. The van der Waals surface area contributed by atoms with Crippen LogP contribution in [0.5, 0.6) is 11.5 Å². The fraction of sp³-hybridized carbons (Fsp3) is 0.240. The molecule has 3 aromatic rings. The van der Waals surface area contributed by atoms with Gasteiger partial charge in [0.25, 0.3) is 11.8 Å². The highest BCUT2D eigenvalue weighted by atomic mass is 19.3. The summed E-state index contributed by atoms with van der Waals surface area (Å²) in [6, 6.07) is 12.3. The molecule has 0 bridgehead atoms. The molecule has 3 aromatic carbocycles. The SMILES string of the molecule is CCOc1c2c(c(OC(F)F)c3ccccc13)C(=O)N(c1ccc(C(CC)C(=O)O)cc1)C2=O. The Hall–Kier alpha value is -4.01. The van der Waals surface area contributed by atoms with Gasteiger partial charge in [0.15, 0.2) is 0 Å². The van der Waals surface area contributed by atoms with E-state index in [1.54, 1.807) is 32.0 Å². The number of carbonyl (C=O) groups is 3. The van der Waals surface area contributed by atoms with Crippen LogP contribution in [-0.4, -0.2) is 36.1 Å². The van der Waals surface area contributed by atoms with Crippen LogP contribution in [0.15, 0.2) is 48.5 Å². The van der Waals surface area contributed by atoms with Gasteiger partial charge in [-0.1, -0.05) is 43.3 Å². The molecule has 34 heavy (non-hydrogen) atoms. The van der Waals surface area contributed by atoms with Gasteiger partial charge in [-0.3, -0.25) is 14.4 Å².